The lowest BCUT2D eigenvalue weighted by atomic mass is 10.3. The Morgan fingerprint density at radius 1 is 1.13 bits per heavy atom. The number of rotatable bonds is 6. The minimum atomic E-state index is -0.0276. The Morgan fingerprint density at radius 3 is 2.50 bits per heavy atom. The highest BCUT2D eigenvalue weighted by Crippen LogP contribution is 2.09. The van der Waals surface area contributed by atoms with E-state index in [4.69, 9.17) is 4.74 Å². The van der Waals surface area contributed by atoms with Gasteiger partial charge < -0.3 is 24.8 Å². The molecule has 2 fully saturated rings. The fraction of sp³-hybridized carbons (Fsp3) is 0.650. The monoisotopic (exact) mass is 436 g/mol. The summed E-state index contributed by atoms with van der Waals surface area (Å²) >= 11 is 1.69. The van der Waals surface area contributed by atoms with Crippen molar-refractivity contribution in [1.82, 2.24) is 24.9 Å². The number of nitrogens with one attached hydrogen (secondary N) is 1. The number of piperazine rings is 1. The largest absolute Gasteiger partial charge is 0.378 e. The van der Waals surface area contributed by atoms with E-state index in [0.717, 1.165) is 32.1 Å². The number of nitrogens with zero attached hydrogens (tertiary/aromatic N) is 5. The summed E-state index contributed by atoms with van der Waals surface area (Å²) in [6.07, 6.45) is 0. The number of aliphatic imine (C=N–C) groups is 1. The Kier molecular flexibility index (Phi) is 8.47. The zero-order valence-corrected chi connectivity index (χ0v) is 18.7. The predicted molar refractivity (Wildman–Crippen MR) is 118 cm³/mol. The summed E-state index contributed by atoms with van der Waals surface area (Å²) in [4.78, 5) is 38.1. The number of guanidine groups is 1. The van der Waals surface area contributed by atoms with Crippen molar-refractivity contribution in [2.75, 3.05) is 79.7 Å². The number of likely N-dealkylation sites (N-methyl/N-ethyl adjacent to an activating group) is 1. The Labute approximate surface area is 182 Å². The van der Waals surface area contributed by atoms with Crippen LogP contribution in [0.1, 0.15) is 4.88 Å². The van der Waals surface area contributed by atoms with Gasteiger partial charge in [-0.2, -0.15) is 0 Å². The first kappa shape index (κ1) is 22.5. The van der Waals surface area contributed by atoms with Crippen molar-refractivity contribution in [3.63, 3.8) is 0 Å². The van der Waals surface area contributed by atoms with Gasteiger partial charge >= 0.3 is 0 Å². The summed E-state index contributed by atoms with van der Waals surface area (Å²) in [7, 11) is 3.47. The molecule has 166 valence electrons. The molecule has 0 aromatic carbocycles. The molecule has 10 heteroatoms. The number of carbonyl (C=O) groups is 2. The van der Waals surface area contributed by atoms with Crippen LogP contribution in [0.5, 0.6) is 0 Å². The third kappa shape index (κ3) is 6.68. The fourth-order valence-corrected chi connectivity index (χ4v) is 4.00. The molecule has 2 aliphatic rings. The van der Waals surface area contributed by atoms with Crippen molar-refractivity contribution < 1.29 is 14.3 Å². The highest BCUT2D eigenvalue weighted by Gasteiger charge is 2.24. The van der Waals surface area contributed by atoms with Gasteiger partial charge in [0, 0.05) is 58.2 Å². The number of hydrogen-bond donors (Lipinski definition) is 1. The molecule has 9 nitrogen and oxygen atoms in total. The first-order chi connectivity index (χ1) is 14.5. The molecule has 3 heterocycles. The summed E-state index contributed by atoms with van der Waals surface area (Å²) < 4.78 is 5.32. The standard InChI is InChI=1S/C20H32N6O3S/c1-23(2)18(27)15-22-20(21-14-17-4-3-13-30-17)26-7-5-24(6-8-26)16-19(28)25-9-11-29-12-10-25/h3-4,13H,5-12,14-16H2,1-2H3,(H,21,22). The van der Waals surface area contributed by atoms with Gasteiger partial charge in [-0.05, 0) is 11.4 Å². The molecule has 2 aliphatic heterocycles. The topological polar surface area (TPSA) is 80.7 Å². The first-order valence-electron chi connectivity index (χ1n) is 10.4. The van der Waals surface area contributed by atoms with E-state index in [0.29, 0.717) is 39.4 Å². The molecular weight excluding hydrogens is 404 g/mol. The summed E-state index contributed by atoms with van der Waals surface area (Å²) in [6, 6.07) is 4.10. The molecule has 3 rings (SSSR count). The second kappa shape index (κ2) is 11.3. The maximum atomic E-state index is 12.5. The summed E-state index contributed by atoms with van der Waals surface area (Å²) in [5, 5.41) is 5.45. The van der Waals surface area contributed by atoms with Crippen molar-refractivity contribution in [2.45, 2.75) is 6.54 Å². The number of morpholine rings is 1. The summed E-state index contributed by atoms with van der Waals surface area (Å²) in [5.74, 6) is 0.894. The molecule has 0 unspecified atom stereocenters. The van der Waals surface area contributed by atoms with Gasteiger partial charge in [-0.3, -0.25) is 14.5 Å². The maximum absolute atomic E-state index is 12.5. The number of carbonyl (C=O) groups excluding carboxylic acids is 2. The zero-order chi connectivity index (χ0) is 21.3. The van der Waals surface area contributed by atoms with E-state index in [-0.39, 0.29) is 18.4 Å². The number of amides is 2. The average molecular weight is 437 g/mol. The number of thiophene rings is 1. The minimum absolute atomic E-state index is 0.0276. The van der Waals surface area contributed by atoms with Gasteiger partial charge in [0.25, 0.3) is 0 Å². The number of ether oxygens (including phenoxy) is 1. The molecule has 0 atom stereocenters. The van der Waals surface area contributed by atoms with E-state index in [1.165, 1.54) is 4.88 Å². The molecular formula is C20H32N6O3S. The van der Waals surface area contributed by atoms with Crippen molar-refractivity contribution in [3.8, 4) is 0 Å². The second-order valence-corrected chi connectivity index (χ2v) is 8.65. The smallest absolute Gasteiger partial charge is 0.243 e. The van der Waals surface area contributed by atoms with Gasteiger partial charge in [-0.25, -0.2) is 4.99 Å². The second-order valence-electron chi connectivity index (χ2n) is 7.62. The van der Waals surface area contributed by atoms with Crippen molar-refractivity contribution >= 4 is 29.1 Å². The highest BCUT2D eigenvalue weighted by molar-refractivity contribution is 7.09. The molecule has 2 saturated heterocycles. The van der Waals surface area contributed by atoms with Crippen molar-refractivity contribution in [1.29, 1.82) is 0 Å². The molecule has 2 amide bonds. The van der Waals surface area contributed by atoms with Crippen molar-refractivity contribution in [2.24, 2.45) is 4.99 Å². The Bertz CT molecular complexity index is 710. The molecule has 0 saturated carbocycles. The van der Waals surface area contributed by atoms with E-state index in [9.17, 15) is 9.59 Å². The summed E-state index contributed by atoms with van der Waals surface area (Å²) in [6.45, 7) is 6.98. The SMILES string of the molecule is CN(C)C(=O)CN=C(NCc1cccs1)N1CCN(CC(=O)N2CCOCC2)CC1. The normalized spacial score (nSPS) is 18.4. The molecule has 30 heavy (non-hydrogen) atoms. The third-order valence-corrected chi connectivity index (χ3v) is 6.13. The van der Waals surface area contributed by atoms with E-state index in [1.807, 2.05) is 16.3 Å². The van der Waals surface area contributed by atoms with Crippen LogP contribution in [0.4, 0.5) is 0 Å². The van der Waals surface area contributed by atoms with Gasteiger partial charge in [0.2, 0.25) is 11.8 Å². The van der Waals surface area contributed by atoms with Crippen LogP contribution in [0.25, 0.3) is 0 Å². The lowest BCUT2D eigenvalue weighted by Crippen LogP contribution is -2.55. The maximum Gasteiger partial charge on any atom is 0.243 e. The van der Waals surface area contributed by atoms with Gasteiger partial charge in [0.1, 0.15) is 6.54 Å². The lowest BCUT2D eigenvalue weighted by Gasteiger charge is -2.37. The van der Waals surface area contributed by atoms with Gasteiger partial charge in [0.15, 0.2) is 5.96 Å². The summed E-state index contributed by atoms with van der Waals surface area (Å²) in [5.41, 5.74) is 0. The highest BCUT2D eigenvalue weighted by atomic mass is 32.1. The Balaban J connectivity index is 1.53. The van der Waals surface area contributed by atoms with Crippen LogP contribution in [-0.4, -0.2) is 117 Å². The fourth-order valence-electron chi connectivity index (χ4n) is 3.35. The van der Waals surface area contributed by atoms with E-state index >= 15 is 0 Å². The zero-order valence-electron chi connectivity index (χ0n) is 17.9. The molecule has 0 spiro atoms. The molecule has 1 aromatic heterocycles. The first-order valence-corrected chi connectivity index (χ1v) is 11.2. The van der Waals surface area contributed by atoms with E-state index < -0.39 is 0 Å². The molecule has 0 bridgehead atoms. The van der Waals surface area contributed by atoms with Gasteiger partial charge in [-0.15, -0.1) is 11.3 Å². The van der Waals surface area contributed by atoms with Crippen LogP contribution in [-0.2, 0) is 20.9 Å². The van der Waals surface area contributed by atoms with Crippen LogP contribution < -0.4 is 5.32 Å². The predicted octanol–water partition coefficient (Wildman–Crippen LogP) is -0.242. The number of hydrogen-bond acceptors (Lipinski definition) is 6. The molecule has 1 aromatic rings. The average Bonchev–Trinajstić information content (AvgIpc) is 3.28. The quantitative estimate of drug-likeness (QED) is 0.490. The third-order valence-electron chi connectivity index (χ3n) is 5.26. The van der Waals surface area contributed by atoms with Crippen LogP contribution in [0.2, 0.25) is 0 Å². The lowest BCUT2D eigenvalue weighted by molar-refractivity contribution is -0.136. The van der Waals surface area contributed by atoms with Crippen LogP contribution in [0.15, 0.2) is 22.5 Å². The van der Waals surface area contributed by atoms with Gasteiger partial charge in [0.05, 0.1) is 26.3 Å². The van der Waals surface area contributed by atoms with Crippen molar-refractivity contribution in [3.05, 3.63) is 22.4 Å². The van der Waals surface area contributed by atoms with Crippen LogP contribution >= 0.6 is 11.3 Å². The molecule has 1 N–H and O–H groups in total. The van der Waals surface area contributed by atoms with Crippen LogP contribution in [0.3, 0.4) is 0 Å². The van der Waals surface area contributed by atoms with E-state index in [2.05, 4.69) is 26.2 Å². The van der Waals surface area contributed by atoms with Crippen LogP contribution in [0, 0.1) is 0 Å². The van der Waals surface area contributed by atoms with E-state index in [1.54, 1.807) is 30.3 Å². The molecule has 0 radical (unpaired) electrons. The molecule has 0 aliphatic carbocycles. The van der Waals surface area contributed by atoms with Gasteiger partial charge in [-0.1, -0.05) is 6.07 Å². The minimum Gasteiger partial charge on any atom is -0.378 e. The Hall–Kier alpha value is -2.17. The Morgan fingerprint density at radius 2 is 1.87 bits per heavy atom.